The van der Waals surface area contributed by atoms with Gasteiger partial charge in [0.25, 0.3) is 0 Å². The van der Waals surface area contributed by atoms with E-state index in [0.29, 0.717) is 12.3 Å². The minimum atomic E-state index is 0.209. The van der Waals surface area contributed by atoms with Gasteiger partial charge in [0, 0.05) is 56.3 Å². The normalized spacial score (nSPS) is 23.5. The highest BCUT2D eigenvalue weighted by atomic mass is 16.2. The molecule has 0 radical (unpaired) electrons. The molecule has 2 aliphatic rings. The number of likely N-dealkylation sites (tertiary alicyclic amines) is 1. The highest BCUT2D eigenvalue weighted by Crippen LogP contribution is 2.40. The average Bonchev–Trinajstić information content (AvgIpc) is 2.64. The minimum absolute atomic E-state index is 0.209. The van der Waals surface area contributed by atoms with E-state index in [-0.39, 0.29) is 5.41 Å². The first-order chi connectivity index (χ1) is 12.9. The van der Waals surface area contributed by atoms with E-state index < -0.39 is 0 Å². The lowest BCUT2D eigenvalue weighted by molar-refractivity contribution is -0.138. The van der Waals surface area contributed by atoms with Crippen molar-refractivity contribution in [2.24, 2.45) is 5.41 Å². The third-order valence-corrected chi connectivity index (χ3v) is 6.01. The molecule has 0 saturated carbocycles. The maximum Gasteiger partial charge on any atom is 0.222 e. The van der Waals surface area contributed by atoms with Crippen molar-refractivity contribution in [3.63, 3.8) is 0 Å². The smallest absolute Gasteiger partial charge is 0.222 e. The molecule has 1 amide bonds. The van der Waals surface area contributed by atoms with Crippen LogP contribution in [0.3, 0.4) is 0 Å². The van der Waals surface area contributed by atoms with E-state index in [9.17, 15) is 4.79 Å². The summed E-state index contributed by atoms with van der Waals surface area (Å²) in [5, 5.41) is 0. The van der Waals surface area contributed by atoms with Gasteiger partial charge in [0.1, 0.15) is 11.6 Å². The summed E-state index contributed by atoms with van der Waals surface area (Å²) in [6, 6.07) is 0. The van der Waals surface area contributed by atoms with E-state index in [1.807, 2.05) is 13.1 Å². The summed E-state index contributed by atoms with van der Waals surface area (Å²) < 4.78 is 0. The van der Waals surface area contributed by atoms with Crippen LogP contribution in [0.5, 0.6) is 0 Å². The zero-order chi connectivity index (χ0) is 19.4. The Morgan fingerprint density at radius 1 is 1.26 bits per heavy atom. The van der Waals surface area contributed by atoms with E-state index in [1.165, 1.54) is 18.4 Å². The van der Waals surface area contributed by atoms with Crippen molar-refractivity contribution in [2.45, 2.75) is 52.4 Å². The summed E-state index contributed by atoms with van der Waals surface area (Å²) in [4.78, 5) is 28.4. The molecule has 3 heterocycles. The zero-order valence-electron chi connectivity index (χ0n) is 17.5. The Labute approximate surface area is 164 Å². The lowest BCUT2D eigenvalue weighted by Crippen LogP contribution is -2.55. The zero-order valence-corrected chi connectivity index (χ0v) is 17.5. The van der Waals surface area contributed by atoms with Gasteiger partial charge in [0.15, 0.2) is 0 Å². The van der Waals surface area contributed by atoms with Gasteiger partial charge in [-0.3, -0.25) is 4.79 Å². The Hall–Kier alpha value is -1.69. The van der Waals surface area contributed by atoms with E-state index >= 15 is 0 Å². The van der Waals surface area contributed by atoms with E-state index in [1.54, 1.807) is 0 Å². The van der Waals surface area contributed by atoms with E-state index in [2.05, 4.69) is 40.7 Å². The first kappa shape index (κ1) is 20.1. The number of amides is 1. The molecule has 2 aliphatic heterocycles. The van der Waals surface area contributed by atoms with Gasteiger partial charge in [0.05, 0.1) is 0 Å². The molecule has 0 N–H and O–H groups in total. The molecule has 1 aromatic heterocycles. The molecule has 6 nitrogen and oxygen atoms in total. The fraction of sp³-hybridized carbons (Fsp3) is 0.762. The molecule has 0 aromatic carbocycles. The number of rotatable bonds is 6. The number of hydrogen-bond donors (Lipinski definition) is 0. The van der Waals surface area contributed by atoms with Crippen LogP contribution in [0.2, 0.25) is 0 Å². The van der Waals surface area contributed by atoms with Crippen LogP contribution in [0.15, 0.2) is 6.20 Å². The standard InChI is InChI=1S/C21H35N5O/c1-5-7-18-14-22-17(2)23-20(18)26-11-6-9-21(16-26)10-8-19(27)25(15-21)13-12-24(3)4/h14H,5-13,15-16H2,1-4H3/t21-/m1/s1. The second-order valence-electron chi connectivity index (χ2n) is 8.66. The molecule has 0 aliphatic carbocycles. The molecular weight excluding hydrogens is 338 g/mol. The molecule has 2 fully saturated rings. The third kappa shape index (κ3) is 4.78. The Morgan fingerprint density at radius 3 is 2.81 bits per heavy atom. The Kier molecular flexibility index (Phi) is 6.35. The largest absolute Gasteiger partial charge is 0.356 e. The maximum absolute atomic E-state index is 12.4. The molecule has 27 heavy (non-hydrogen) atoms. The van der Waals surface area contributed by atoms with Crippen LogP contribution < -0.4 is 4.90 Å². The molecule has 6 heteroatoms. The maximum atomic E-state index is 12.4. The van der Waals surface area contributed by atoms with Crippen LogP contribution in [-0.4, -0.2) is 72.5 Å². The van der Waals surface area contributed by atoms with Crippen molar-refractivity contribution in [2.75, 3.05) is 51.7 Å². The van der Waals surface area contributed by atoms with Gasteiger partial charge in [-0.25, -0.2) is 9.97 Å². The number of likely N-dealkylation sites (N-methyl/N-ethyl adjacent to an activating group) is 1. The van der Waals surface area contributed by atoms with Crippen LogP contribution in [0, 0.1) is 12.3 Å². The second kappa shape index (κ2) is 8.55. The summed E-state index contributed by atoms with van der Waals surface area (Å²) in [7, 11) is 4.14. The molecule has 3 rings (SSSR count). The fourth-order valence-electron chi connectivity index (χ4n) is 4.55. The van der Waals surface area contributed by atoms with E-state index in [4.69, 9.17) is 4.98 Å². The van der Waals surface area contributed by atoms with Crippen LogP contribution >= 0.6 is 0 Å². The SMILES string of the molecule is CCCc1cnc(C)nc1N1CCC[C@]2(CCC(=O)N(CCN(C)C)C2)C1. The minimum Gasteiger partial charge on any atom is -0.356 e. The number of hydrogen-bond acceptors (Lipinski definition) is 5. The number of piperidine rings is 2. The summed E-state index contributed by atoms with van der Waals surface area (Å²) in [6.45, 7) is 8.90. The monoisotopic (exact) mass is 373 g/mol. The Balaban J connectivity index is 1.77. The fourth-order valence-corrected chi connectivity index (χ4v) is 4.55. The van der Waals surface area contributed by atoms with Gasteiger partial charge in [-0.2, -0.15) is 0 Å². The van der Waals surface area contributed by atoms with Crippen molar-refractivity contribution in [1.82, 2.24) is 19.8 Å². The molecule has 0 unspecified atom stereocenters. The predicted octanol–water partition coefficient (Wildman–Crippen LogP) is 2.51. The molecular formula is C21H35N5O. The van der Waals surface area contributed by atoms with Crippen LogP contribution in [-0.2, 0) is 11.2 Å². The van der Waals surface area contributed by atoms with Crippen LogP contribution in [0.4, 0.5) is 5.82 Å². The Morgan fingerprint density at radius 2 is 2.07 bits per heavy atom. The predicted molar refractivity (Wildman–Crippen MR) is 109 cm³/mol. The van der Waals surface area contributed by atoms with Crippen molar-refractivity contribution in [3.8, 4) is 0 Å². The topological polar surface area (TPSA) is 52.6 Å². The van der Waals surface area contributed by atoms with E-state index in [0.717, 1.165) is 63.6 Å². The quantitative estimate of drug-likeness (QED) is 0.767. The van der Waals surface area contributed by atoms with Gasteiger partial charge in [-0.05, 0) is 46.7 Å². The van der Waals surface area contributed by atoms with Crippen molar-refractivity contribution >= 4 is 11.7 Å². The highest BCUT2D eigenvalue weighted by Gasteiger charge is 2.42. The first-order valence-corrected chi connectivity index (χ1v) is 10.4. The number of nitrogens with zero attached hydrogens (tertiary/aromatic N) is 5. The van der Waals surface area contributed by atoms with Gasteiger partial charge >= 0.3 is 0 Å². The number of carbonyl (C=O) groups excluding carboxylic acids is 1. The highest BCUT2D eigenvalue weighted by molar-refractivity contribution is 5.77. The van der Waals surface area contributed by atoms with Crippen molar-refractivity contribution in [1.29, 1.82) is 0 Å². The van der Waals surface area contributed by atoms with Gasteiger partial charge in [0.2, 0.25) is 5.91 Å². The van der Waals surface area contributed by atoms with Crippen molar-refractivity contribution in [3.05, 3.63) is 17.6 Å². The number of carbonyl (C=O) groups is 1. The molecule has 1 atom stereocenters. The van der Waals surface area contributed by atoms with Crippen LogP contribution in [0.25, 0.3) is 0 Å². The molecule has 2 saturated heterocycles. The summed E-state index contributed by atoms with van der Waals surface area (Å²) in [5.74, 6) is 2.29. The molecule has 1 spiro atoms. The Bertz CT molecular complexity index is 662. The third-order valence-electron chi connectivity index (χ3n) is 6.01. The van der Waals surface area contributed by atoms with Crippen molar-refractivity contribution < 1.29 is 4.79 Å². The number of aromatic nitrogens is 2. The molecule has 0 bridgehead atoms. The lowest BCUT2D eigenvalue weighted by atomic mass is 9.73. The van der Waals surface area contributed by atoms with Crippen LogP contribution in [0.1, 0.15) is 50.4 Å². The molecule has 150 valence electrons. The number of anilines is 1. The molecule has 1 aromatic rings. The van der Waals surface area contributed by atoms with Gasteiger partial charge < -0.3 is 14.7 Å². The van der Waals surface area contributed by atoms with Gasteiger partial charge in [-0.15, -0.1) is 0 Å². The second-order valence-corrected chi connectivity index (χ2v) is 8.66. The van der Waals surface area contributed by atoms with Gasteiger partial charge in [-0.1, -0.05) is 13.3 Å². The summed E-state index contributed by atoms with van der Waals surface area (Å²) >= 11 is 0. The number of aryl methyl sites for hydroxylation is 2. The first-order valence-electron chi connectivity index (χ1n) is 10.4. The average molecular weight is 374 g/mol. The summed E-state index contributed by atoms with van der Waals surface area (Å²) in [6.07, 6.45) is 8.21. The summed E-state index contributed by atoms with van der Waals surface area (Å²) in [5.41, 5.74) is 1.47. The lowest BCUT2D eigenvalue weighted by Gasteiger charge is -2.49.